The van der Waals surface area contributed by atoms with Crippen molar-refractivity contribution in [2.24, 2.45) is 0 Å². The van der Waals surface area contributed by atoms with Gasteiger partial charge in [-0.2, -0.15) is 0 Å². The summed E-state index contributed by atoms with van der Waals surface area (Å²) in [5, 5.41) is 2.38. The molecule has 0 bridgehead atoms. The molecule has 0 saturated carbocycles. The maximum atomic E-state index is 13.4. The first-order valence-corrected chi connectivity index (χ1v) is 6.09. The average molecular weight is 256 g/mol. The second-order valence-electron chi connectivity index (χ2n) is 4.21. The van der Waals surface area contributed by atoms with Crippen LogP contribution in [0.5, 0.6) is 0 Å². The number of hydrogen-bond acceptors (Lipinski definition) is 2. The fraction of sp³-hybridized carbons (Fsp3) is 0.462. The molecule has 0 aromatic heterocycles. The Morgan fingerprint density at radius 1 is 1.28 bits per heavy atom. The molecule has 0 aliphatic carbocycles. The van der Waals surface area contributed by atoms with Crippen molar-refractivity contribution in [1.82, 2.24) is 0 Å². The van der Waals surface area contributed by atoms with Crippen molar-refractivity contribution in [3.63, 3.8) is 0 Å². The zero-order valence-electron chi connectivity index (χ0n) is 10.4. The summed E-state index contributed by atoms with van der Waals surface area (Å²) >= 11 is 0. The molecule has 0 heterocycles. The number of rotatable bonds is 6. The summed E-state index contributed by atoms with van der Waals surface area (Å²) in [5.74, 6) is -1.91. The van der Waals surface area contributed by atoms with Gasteiger partial charge in [-0.1, -0.05) is 26.2 Å². The lowest BCUT2D eigenvalue weighted by Gasteiger charge is -2.09. The summed E-state index contributed by atoms with van der Waals surface area (Å²) in [7, 11) is 0. The highest BCUT2D eigenvalue weighted by molar-refractivity contribution is 5.93. The fourth-order valence-electron chi connectivity index (χ4n) is 1.64. The molecule has 3 nitrogen and oxygen atoms in total. The molecular weight excluding hydrogens is 238 g/mol. The van der Waals surface area contributed by atoms with Gasteiger partial charge < -0.3 is 11.1 Å². The van der Waals surface area contributed by atoms with Crippen molar-refractivity contribution >= 4 is 17.3 Å². The van der Waals surface area contributed by atoms with Crippen LogP contribution in [-0.4, -0.2) is 5.91 Å². The normalized spacial score (nSPS) is 10.4. The van der Waals surface area contributed by atoms with Gasteiger partial charge in [0.25, 0.3) is 0 Å². The predicted octanol–water partition coefficient (Wildman–Crippen LogP) is 3.46. The van der Waals surface area contributed by atoms with E-state index in [0.717, 1.165) is 31.7 Å². The Balaban J connectivity index is 2.54. The molecule has 1 amide bonds. The van der Waals surface area contributed by atoms with Gasteiger partial charge >= 0.3 is 0 Å². The number of anilines is 2. The van der Waals surface area contributed by atoms with Gasteiger partial charge in [0.1, 0.15) is 11.5 Å². The van der Waals surface area contributed by atoms with Gasteiger partial charge in [0, 0.05) is 12.5 Å². The summed E-state index contributed by atoms with van der Waals surface area (Å²) in [4.78, 5) is 11.5. The number of halogens is 2. The minimum absolute atomic E-state index is 0.102. The number of carbonyl (C=O) groups excluding carboxylic acids is 1. The lowest BCUT2D eigenvalue weighted by atomic mass is 10.1. The molecule has 1 rings (SSSR count). The molecule has 0 aliphatic rings. The highest BCUT2D eigenvalue weighted by Crippen LogP contribution is 2.24. The zero-order valence-corrected chi connectivity index (χ0v) is 10.4. The first-order valence-electron chi connectivity index (χ1n) is 6.09. The van der Waals surface area contributed by atoms with Crippen LogP contribution in [0.15, 0.2) is 12.1 Å². The fourth-order valence-corrected chi connectivity index (χ4v) is 1.64. The second-order valence-corrected chi connectivity index (χ2v) is 4.21. The molecule has 5 heteroatoms. The van der Waals surface area contributed by atoms with E-state index in [1.807, 2.05) is 0 Å². The molecule has 0 atom stereocenters. The van der Waals surface area contributed by atoms with Crippen LogP contribution in [-0.2, 0) is 4.79 Å². The number of hydrogen-bond donors (Lipinski definition) is 2. The van der Waals surface area contributed by atoms with Gasteiger partial charge in [-0.3, -0.25) is 4.79 Å². The van der Waals surface area contributed by atoms with Gasteiger partial charge in [-0.05, 0) is 12.5 Å². The molecule has 0 spiro atoms. The monoisotopic (exact) mass is 256 g/mol. The summed E-state index contributed by atoms with van der Waals surface area (Å²) in [6, 6.07) is 1.68. The Kier molecular flexibility index (Phi) is 5.55. The molecule has 0 aliphatic heterocycles. The van der Waals surface area contributed by atoms with Crippen LogP contribution in [0.1, 0.15) is 39.0 Å². The van der Waals surface area contributed by atoms with Crippen molar-refractivity contribution in [2.45, 2.75) is 39.0 Å². The molecule has 0 radical (unpaired) electrons. The van der Waals surface area contributed by atoms with E-state index in [9.17, 15) is 13.6 Å². The van der Waals surface area contributed by atoms with E-state index in [0.29, 0.717) is 12.5 Å². The Morgan fingerprint density at radius 2 is 2.00 bits per heavy atom. The Bertz CT molecular complexity index is 398. The standard InChI is InChI=1S/C13H18F2N2O/c1-2-3-4-5-6-12(18)17-13-10(15)7-9(14)8-11(13)16/h7-8H,2-6,16H2,1H3,(H,17,18). The van der Waals surface area contributed by atoms with Gasteiger partial charge in [0.2, 0.25) is 5.91 Å². The lowest BCUT2D eigenvalue weighted by molar-refractivity contribution is -0.116. The Hall–Kier alpha value is -1.65. The molecule has 1 aromatic rings. The minimum Gasteiger partial charge on any atom is -0.397 e. The summed E-state index contributed by atoms with van der Waals surface area (Å²) < 4.78 is 26.2. The number of benzene rings is 1. The van der Waals surface area contributed by atoms with Crippen LogP contribution in [0.2, 0.25) is 0 Å². The topological polar surface area (TPSA) is 55.1 Å². The van der Waals surface area contributed by atoms with Crippen molar-refractivity contribution in [2.75, 3.05) is 11.1 Å². The quantitative estimate of drug-likeness (QED) is 0.605. The molecule has 100 valence electrons. The molecule has 18 heavy (non-hydrogen) atoms. The smallest absolute Gasteiger partial charge is 0.224 e. The van der Waals surface area contributed by atoms with Crippen LogP contribution >= 0.6 is 0 Å². The van der Waals surface area contributed by atoms with Crippen LogP contribution in [0, 0.1) is 11.6 Å². The number of nitrogens with one attached hydrogen (secondary N) is 1. The van der Waals surface area contributed by atoms with E-state index in [2.05, 4.69) is 12.2 Å². The largest absolute Gasteiger partial charge is 0.397 e. The van der Waals surface area contributed by atoms with E-state index >= 15 is 0 Å². The van der Waals surface area contributed by atoms with Crippen LogP contribution in [0.4, 0.5) is 20.2 Å². The first-order chi connectivity index (χ1) is 8.54. The van der Waals surface area contributed by atoms with Crippen LogP contribution in [0.3, 0.4) is 0 Å². The predicted molar refractivity (Wildman–Crippen MR) is 68.2 cm³/mol. The van der Waals surface area contributed by atoms with E-state index in [-0.39, 0.29) is 17.3 Å². The maximum absolute atomic E-state index is 13.4. The average Bonchev–Trinajstić information content (AvgIpc) is 2.29. The number of carbonyl (C=O) groups is 1. The van der Waals surface area contributed by atoms with Crippen LogP contribution < -0.4 is 11.1 Å². The Labute approximate surface area is 105 Å². The van der Waals surface area contributed by atoms with Crippen molar-refractivity contribution in [1.29, 1.82) is 0 Å². The zero-order chi connectivity index (χ0) is 13.5. The summed E-state index contributed by atoms with van der Waals surface area (Å²) in [5.41, 5.74) is 5.21. The molecule has 0 unspecified atom stereocenters. The molecule has 3 N–H and O–H groups in total. The van der Waals surface area contributed by atoms with Crippen molar-refractivity contribution in [3.8, 4) is 0 Å². The molecule has 1 aromatic carbocycles. The number of nitrogen functional groups attached to an aromatic ring is 1. The molecular formula is C13H18F2N2O. The van der Waals surface area contributed by atoms with Crippen LogP contribution in [0.25, 0.3) is 0 Å². The second kappa shape index (κ2) is 6.93. The third-order valence-electron chi connectivity index (χ3n) is 2.61. The van der Waals surface area contributed by atoms with E-state index in [4.69, 9.17) is 5.73 Å². The third-order valence-corrected chi connectivity index (χ3v) is 2.61. The minimum atomic E-state index is -0.852. The summed E-state index contributed by atoms with van der Waals surface area (Å²) in [6.45, 7) is 2.08. The third kappa shape index (κ3) is 4.31. The van der Waals surface area contributed by atoms with Crippen molar-refractivity contribution < 1.29 is 13.6 Å². The number of unbranched alkanes of at least 4 members (excludes halogenated alkanes) is 3. The highest BCUT2D eigenvalue weighted by Gasteiger charge is 2.11. The van der Waals surface area contributed by atoms with Crippen molar-refractivity contribution in [3.05, 3.63) is 23.8 Å². The van der Waals surface area contributed by atoms with E-state index in [1.165, 1.54) is 0 Å². The summed E-state index contributed by atoms with van der Waals surface area (Å²) in [6.07, 6.45) is 4.19. The number of nitrogens with two attached hydrogens (primary N) is 1. The molecule has 0 saturated heterocycles. The SMILES string of the molecule is CCCCCCC(=O)Nc1c(N)cc(F)cc1F. The Morgan fingerprint density at radius 3 is 2.61 bits per heavy atom. The van der Waals surface area contributed by atoms with Gasteiger partial charge in [0.05, 0.1) is 5.69 Å². The highest BCUT2D eigenvalue weighted by atomic mass is 19.1. The molecule has 0 fully saturated rings. The number of amides is 1. The van der Waals surface area contributed by atoms with Gasteiger partial charge in [-0.25, -0.2) is 8.78 Å². The van der Waals surface area contributed by atoms with E-state index in [1.54, 1.807) is 0 Å². The van der Waals surface area contributed by atoms with Gasteiger partial charge in [-0.15, -0.1) is 0 Å². The van der Waals surface area contributed by atoms with E-state index < -0.39 is 11.6 Å². The lowest BCUT2D eigenvalue weighted by Crippen LogP contribution is -2.14. The first kappa shape index (κ1) is 14.4. The maximum Gasteiger partial charge on any atom is 0.224 e. The van der Waals surface area contributed by atoms with Gasteiger partial charge in [0.15, 0.2) is 5.82 Å².